The molecule has 4 heteroatoms. The highest BCUT2D eigenvalue weighted by atomic mass is 15.1. The average molecular weight is 244 g/mol. The minimum atomic E-state index is 0.269. The first kappa shape index (κ1) is 12.8. The highest BCUT2D eigenvalue weighted by Gasteiger charge is 2.13. The predicted octanol–water partition coefficient (Wildman–Crippen LogP) is 2.50. The van der Waals surface area contributed by atoms with Gasteiger partial charge in [0.25, 0.3) is 0 Å². The first-order valence-corrected chi connectivity index (χ1v) is 6.42. The van der Waals surface area contributed by atoms with E-state index in [0.717, 1.165) is 24.5 Å². The van der Waals surface area contributed by atoms with E-state index in [4.69, 9.17) is 0 Å². The lowest BCUT2D eigenvalue weighted by Gasteiger charge is -2.16. The minimum absolute atomic E-state index is 0.269. The van der Waals surface area contributed by atoms with E-state index in [1.54, 1.807) is 0 Å². The number of aromatic nitrogens is 3. The van der Waals surface area contributed by atoms with Crippen LogP contribution in [0.15, 0.2) is 30.7 Å². The fraction of sp³-hybridized carbons (Fsp3) is 0.429. The monoisotopic (exact) mass is 244 g/mol. The fourth-order valence-electron chi connectivity index (χ4n) is 2.04. The Morgan fingerprint density at radius 1 is 1.33 bits per heavy atom. The van der Waals surface area contributed by atoms with Gasteiger partial charge < -0.3 is 5.32 Å². The minimum Gasteiger partial charge on any atom is -0.313 e. The molecule has 96 valence electrons. The highest BCUT2D eigenvalue weighted by Crippen LogP contribution is 2.20. The molecule has 0 aliphatic rings. The normalized spacial score (nSPS) is 12.6. The summed E-state index contributed by atoms with van der Waals surface area (Å²) in [6.07, 6.45) is 7.71. The fourth-order valence-corrected chi connectivity index (χ4v) is 2.04. The van der Waals surface area contributed by atoms with E-state index in [9.17, 15) is 0 Å². The van der Waals surface area contributed by atoms with Crippen molar-refractivity contribution < 1.29 is 0 Å². The molecule has 2 aromatic rings. The van der Waals surface area contributed by atoms with Gasteiger partial charge in [0.2, 0.25) is 0 Å². The van der Waals surface area contributed by atoms with E-state index < -0.39 is 0 Å². The summed E-state index contributed by atoms with van der Waals surface area (Å²) in [7, 11) is 1.96. The van der Waals surface area contributed by atoms with Crippen LogP contribution in [0.25, 0.3) is 5.82 Å². The van der Waals surface area contributed by atoms with Crippen LogP contribution in [0.1, 0.15) is 37.7 Å². The molecule has 0 amide bonds. The molecule has 4 nitrogen and oxygen atoms in total. The topological polar surface area (TPSA) is 42.7 Å². The lowest BCUT2D eigenvalue weighted by atomic mass is 10.1. The predicted molar refractivity (Wildman–Crippen MR) is 72.8 cm³/mol. The van der Waals surface area contributed by atoms with Crippen LogP contribution in [-0.2, 0) is 6.42 Å². The molecule has 0 aliphatic carbocycles. The summed E-state index contributed by atoms with van der Waals surface area (Å²) in [6.45, 7) is 4.30. The molecule has 0 aromatic carbocycles. The summed E-state index contributed by atoms with van der Waals surface area (Å²) in [5.41, 5.74) is 1.19. The Balaban J connectivity index is 2.46. The molecule has 2 heterocycles. The first-order chi connectivity index (χ1) is 8.77. The van der Waals surface area contributed by atoms with E-state index in [-0.39, 0.29) is 6.04 Å². The number of hydrogen-bond acceptors (Lipinski definition) is 3. The summed E-state index contributed by atoms with van der Waals surface area (Å²) in [4.78, 5) is 8.93. The van der Waals surface area contributed by atoms with Gasteiger partial charge >= 0.3 is 0 Å². The molecule has 0 bridgehead atoms. The maximum atomic E-state index is 4.52. The molecule has 1 atom stereocenters. The van der Waals surface area contributed by atoms with Gasteiger partial charge in [0.15, 0.2) is 0 Å². The molecule has 2 aromatic heterocycles. The van der Waals surface area contributed by atoms with Gasteiger partial charge in [-0.1, -0.05) is 13.0 Å². The summed E-state index contributed by atoms with van der Waals surface area (Å²) < 4.78 is 2.09. The Bertz CT molecular complexity index is 504. The molecular weight excluding hydrogens is 224 g/mol. The molecular formula is C14H20N4. The first-order valence-electron chi connectivity index (χ1n) is 6.42. The Kier molecular flexibility index (Phi) is 4.10. The maximum Gasteiger partial charge on any atom is 0.142 e. The van der Waals surface area contributed by atoms with Crippen molar-refractivity contribution in [2.45, 2.75) is 32.7 Å². The average Bonchev–Trinajstić information content (AvgIpc) is 2.86. The van der Waals surface area contributed by atoms with Gasteiger partial charge in [0, 0.05) is 36.6 Å². The molecule has 2 rings (SSSR count). The molecule has 0 spiro atoms. The van der Waals surface area contributed by atoms with Crippen molar-refractivity contribution in [2.75, 3.05) is 7.05 Å². The molecule has 1 unspecified atom stereocenters. The maximum absolute atomic E-state index is 4.52. The number of nitrogens with zero attached hydrogens (tertiary/aromatic N) is 3. The zero-order valence-corrected chi connectivity index (χ0v) is 11.2. The van der Waals surface area contributed by atoms with E-state index in [1.165, 1.54) is 5.56 Å². The SMILES string of the molecule is CCCc1nccn1-c1ncccc1C(C)NC. The zero-order chi connectivity index (χ0) is 13.0. The highest BCUT2D eigenvalue weighted by molar-refractivity contribution is 5.37. The van der Waals surface area contributed by atoms with E-state index in [2.05, 4.69) is 39.8 Å². The summed E-state index contributed by atoms with van der Waals surface area (Å²) in [5.74, 6) is 2.04. The molecule has 1 N–H and O–H groups in total. The van der Waals surface area contributed by atoms with Gasteiger partial charge in [0.05, 0.1) is 0 Å². The molecule has 0 saturated carbocycles. The lowest BCUT2D eigenvalue weighted by Crippen LogP contribution is -2.16. The van der Waals surface area contributed by atoms with Crippen LogP contribution in [0, 0.1) is 0 Å². The second-order valence-corrected chi connectivity index (χ2v) is 4.39. The summed E-state index contributed by atoms with van der Waals surface area (Å²) in [6, 6.07) is 4.35. The van der Waals surface area contributed by atoms with Gasteiger partial charge in [-0.2, -0.15) is 0 Å². The number of hydrogen-bond donors (Lipinski definition) is 1. The van der Waals surface area contributed by atoms with E-state index >= 15 is 0 Å². The van der Waals surface area contributed by atoms with Gasteiger partial charge in [-0.3, -0.25) is 4.57 Å². The van der Waals surface area contributed by atoms with Crippen molar-refractivity contribution in [1.82, 2.24) is 19.9 Å². The van der Waals surface area contributed by atoms with Crippen LogP contribution in [0.5, 0.6) is 0 Å². The number of aryl methyl sites for hydroxylation is 1. The van der Waals surface area contributed by atoms with Crippen molar-refractivity contribution in [1.29, 1.82) is 0 Å². The molecule has 0 radical (unpaired) electrons. The Labute approximate surface area is 108 Å². The summed E-state index contributed by atoms with van der Waals surface area (Å²) in [5, 5.41) is 3.26. The number of pyridine rings is 1. The van der Waals surface area contributed by atoms with Crippen molar-refractivity contribution >= 4 is 0 Å². The quantitative estimate of drug-likeness (QED) is 0.878. The van der Waals surface area contributed by atoms with Gasteiger partial charge in [0.1, 0.15) is 11.6 Å². The molecule has 0 fully saturated rings. The third-order valence-electron chi connectivity index (χ3n) is 3.14. The van der Waals surface area contributed by atoms with Crippen molar-refractivity contribution in [3.8, 4) is 5.82 Å². The second kappa shape index (κ2) is 5.78. The van der Waals surface area contributed by atoms with Crippen LogP contribution in [0.4, 0.5) is 0 Å². The van der Waals surface area contributed by atoms with Gasteiger partial charge in [-0.15, -0.1) is 0 Å². The zero-order valence-electron chi connectivity index (χ0n) is 11.2. The van der Waals surface area contributed by atoms with Gasteiger partial charge in [-0.05, 0) is 26.5 Å². The molecule has 18 heavy (non-hydrogen) atoms. The largest absolute Gasteiger partial charge is 0.313 e. The van der Waals surface area contributed by atoms with E-state index in [1.807, 2.05) is 31.7 Å². The van der Waals surface area contributed by atoms with Crippen molar-refractivity contribution in [3.63, 3.8) is 0 Å². The lowest BCUT2D eigenvalue weighted by molar-refractivity contribution is 0.641. The van der Waals surface area contributed by atoms with Crippen LogP contribution in [0.2, 0.25) is 0 Å². The van der Waals surface area contributed by atoms with Crippen LogP contribution in [-0.4, -0.2) is 21.6 Å². The van der Waals surface area contributed by atoms with Crippen molar-refractivity contribution in [2.24, 2.45) is 0 Å². The number of rotatable bonds is 5. The standard InChI is InChI=1S/C14H20N4/c1-4-6-13-16-9-10-18(13)14-12(11(2)15-3)7-5-8-17-14/h5,7-11,15H,4,6H2,1-3H3. The van der Waals surface area contributed by atoms with Gasteiger partial charge in [-0.25, -0.2) is 9.97 Å². The number of imidazole rings is 1. The Morgan fingerprint density at radius 3 is 2.89 bits per heavy atom. The van der Waals surface area contributed by atoms with Crippen LogP contribution < -0.4 is 5.32 Å². The Morgan fingerprint density at radius 2 is 2.17 bits per heavy atom. The smallest absolute Gasteiger partial charge is 0.142 e. The summed E-state index contributed by atoms with van der Waals surface area (Å²) >= 11 is 0. The number of nitrogens with one attached hydrogen (secondary N) is 1. The van der Waals surface area contributed by atoms with Crippen LogP contribution >= 0.6 is 0 Å². The second-order valence-electron chi connectivity index (χ2n) is 4.39. The third kappa shape index (κ3) is 2.43. The van der Waals surface area contributed by atoms with Crippen LogP contribution in [0.3, 0.4) is 0 Å². The molecule has 0 aliphatic heterocycles. The third-order valence-corrected chi connectivity index (χ3v) is 3.14. The molecule has 0 saturated heterocycles. The van der Waals surface area contributed by atoms with E-state index in [0.29, 0.717) is 0 Å². The van der Waals surface area contributed by atoms with Crippen molar-refractivity contribution in [3.05, 3.63) is 42.1 Å². The Hall–Kier alpha value is -1.68.